The molecule has 2 atom stereocenters. The van der Waals surface area contributed by atoms with Crippen LogP contribution in [0.5, 0.6) is 0 Å². The topological polar surface area (TPSA) is 38.3 Å². The highest BCUT2D eigenvalue weighted by atomic mass is 16.6. The number of rotatable bonds is 0. The van der Waals surface area contributed by atoms with Crippen molar-refractivity contribution in [3.8, 4) is 0 Å². The predicted molar refractivity (Wildman–Crippen MR) is 68.5 cm³/mol. The third kappa shape index (κ3) is 1.54. The van der Waals surface area contributed by atoms with Crippen LogP contribution < -0.4 is 10.8 Å². The van der Waals surface area contributed by atoms with Gasteiger partial charge in [0, 0.05) is 0 Å². The number of hydrogen-bond donors (Lipinski definition) is 1. The molecule has 2 unspecified atom stereocenters. The maximum Gasteiger partial charge on any atom is 0.408 e. The van der Waals surface area contributed by atoms with Crippen molar-refractivity contribution >= 4 is 19.4 Å². The Morgan fingerprint density at radius 3 is 3.06 bits per heavy atom. The van der Waals surface area contributed by atoms with Crippen molar-refractivity contribution < 1.29 is 9.53 Å². The van der Waals surface area contributed by atoms with Gasteiger partial charge in [0.15, 0.2) is 0 Å². The first-order valence-electron chi connectivity index (χ1n) is 6.17. The molecule has 1 amide bonds. The van der Waals surface area contributed by atoms with E-state index in [9.17, 15) is 4.79 Å². The summed E-state index contributed by atoms with van der Waals surface area (Å²) in [5.41, 5.74) is 3.98. The highest BCUT2D eigenvalue weighted by Crippen LogP contribution is 2.34. The van der Waals surface area contributed by atoms with Crippen molar-refractivity contribution in [3.05, 3.63) is 29.3 Å². The Labute approximate surface area is 102 Å². The van der Waals surface area contributed by atoms with E-state index in [0.29, 0.717) is 0 Å². The van der Waals surface area contributed by atoms with Gasteiger partial charge in [0.2, 0.25) is 0 Å². The number of amides is 1. The van der Waals surface area contributed by atoms with Gasteiger partial charge >= 0.3 is 6.09 Å². The smallest absolute Gasteiger partial charge is 0.408 e. The van der Waals surface area contributed by atoms with E-state index in [2.05, 4.69) is 31.4 Å². The molecule has 0 radical (unpaired) electrons. The molecule has 1 spiro atoms. The van der Waals surface area contributed by atoms with Crippen LogP contribution in [0.1, 0.15) is 24.5 Å². The summed E-state index contributed by atoms with van der Waals surface area (Å²) in [6, 6.07) is 6.42. The Bertz CT molecular complexity index is 488. The fraction of sp³-hybridized carbons (Fsp3) is 0.462. The maximum absolute atomic E-state index is 11.4. The zero-order chi connectivity index (χ0) is 12.0. The normalized spacial score (nSPS) is 30.9. The van der Waals surface area contributed by atoms with Crippen molar-refractivity contribution in [2.24, 2.45) is 0 Å². The van der Waals surface area contributed by atoms with Crippen LogP contribution in [0.3, 0.4) is 0 Å². The molecule has 1 aromatic rings. The van der Waals surface area contributed by atoms with Gasteiger partial charge in [0.05, 0.1) is 5.54 Å². The summed E-state index contributed by atoms with van der Waals surface area (Å²) in [5, 5.41) is 3.02. The molecule has 1 N–H and O–H groups in total. The van der Waals surface area contributed by atoms with Crippen LogP contribution in [0.4, 0.5) is 4.79 Å². The minimum atomic E-state index is -0.270. The van der Waals surface area contributed by atoms with Gasteiger partial charge in [-0.3, -0.25) is 0 Å². The van der Waals surface area contributed by atoms with Crippen LogP contribution in [0.15, 0.2) is 18.2 Å². The Kier molecular flexibility index (Phi) is 2.22. The highest BCUT2D eigenvalue weighted by Gasteiger charge is 2.47. The summed E-state index contributed by atoms with van der Waals surface area (Å²) in [5.74, 6) is 0. The van der Waals surface area contributed by atoms with Crippen LogP contribution in [0.25, 0.3) is 0 Å². The van der Waals surface area contributed by atoms with Gasteiger partial charge in [0.1, 0.15) is 14.0 Å². The van der Waals surface area contributed by atoms with E-state index in [1.807, 2.05) is 6.92 Å². The van der Waals surface area contributed by atoms with Gasteiger partial charge in [-0.25, -0.2) is 4.79 Å². The first-order chi connectivity index (χ1) is 8.11. The fourth-order valence-electron chi connectivity index (χ4n) is 3.12. The number of carbonyl (C=O) groups excluding carboxylic acids is 1. The van der Waals surface area contributed by atoms with Crippen LogP contribution in [0.2, 0.25) is 0 Å². The van der Waals surface area contributed by atoms with Gasteiger partial charge in [-0.05, 0) is 31.7 Å². The van der Waals surface area contributed by atoms with E-state index in [1.165, 1.54) is 16.6 Å². The fourth-order valence-corrected chi connectivity index (χ4v) is 3.12. The second-order valence-corrected chi connectivity index (χ2v) is 5.22. The molecule has 0 bridgehead atoms. The molecule has 0 aromatic heterocycles. The van der Waals surface area contributed by atoms with Crippen LogP contribution in [0, 0.1) is 0 Å². The monoisotopic (exact) mass is 229 g/mol. The molecule has 3 nitrogen and oxygen atoms in total. The quantitative estimate of drug-likeness (QED) is 0.650. The van der Waals surface area contributed by atoms with E-state index in [4.69, 9.17) is 4.74 Å². The average Bonchev–Trinajstić information content (AvgIpc) is 2.53. The van der Waals surface area contributed by atoms with Crippen molar-refractivity contribution in [2.45, 2.75) is 37.8 Å². The lowest BCUT2D eigenvalue weighted by Crippen LogP contribution is -2.52. The molecule has 88 valence electrons. The summed E-state index contributed by atoms with van der Waals surface area (Å²) in [6.45, 7) is 1.98. The molecule has 0 saturated carbocycles. The Balaban J connectivity index is 1.98. The lowest BCUT2D eigenvalue weighted by atomic mass is 9.72. The number of alkyl carbamates (subject to hydrolysis) is 1. The Morgan fingerprint density at radius 1 is 1.53 bits per heavy atom. The van der Waals surface area contributed by atoms with Crippen molar-refractivity contribution in [2.75, 3.05) is 0 Å². The van der Waals surface area contributed by atoms with Crippen molar-refractivity contribution in [1.29, 1.82) is 0 Å². The minimum Gasteiger partial charge on any atom is -0.444 e. The molecule has 1 saturated heterocycles. The second-order valence-electron chi connectivity index (χ2n) is 5.22. The maximum atomic E-state index is 11.4. The largest absolute Gasteiger partial charge is 0.444 e. The van der Waals surface area contributed by atoms with Crippen molar-refractivity contribution in [1.82, 2.24) is 5.32 Å². The summed E-state index contributed by atoms with van der Waals surface area (Å²) in [4.78, 5) is 11.4. The van der Waals surface area contributed by atoms with Crippen LogP contribution in [-0.4, -0.2) is 25.6 Å². The summed E-state index contributed by atoms with van der Waals surface area (Å²) >= 11 is 0. The number of hydrogen-bond acceptors (Lipinski definition) is 2. The van der Waals surface area contributed by atoms with E-state index in [-0.39, 0.29) is 17.7 Å². The molecule has 1 heterocycles. The number of carbonyl (C=O) groups is 1. The molecule has 1 aliphatic carbocycles. The molecule has 1 fully saturated rings. The Morgan fingerprint density at radius 2 is 2.35 bits per heavy atom. The SMILES string of the molecule is Bc1cccc2c1CCC1(C2)NC(=O)OC1C. The molecule has 2 aliphatic rings. The lowest BCUT2D eigenvalue weighted by Gasteiger charge is -2.36. The van der Waals surface area contributed by atoms with Gasteiger partial charge in [-0.1, -0.05) is 29.2 Å². The van der Waals surface area contributed by atoms with E-state index in [1.54, 1.807) is 0 Å². The predicted octanol–water partition coefficient (Wildman–Crippen LogP) is 0.301. The third-order valence-electron chi connectivity index (χ3n) is 4.25. The zero-order valence-electron chi connectivity index (χ0n) is 10.2. The van der Waals surface area contributed by atoms with E-state index in [0.717, 1.165) is 19.3 Å². The third-order valence-corrected chi connectivity index (χ3v) is 4.25. The molecule has 1 aromatic carbocycles. The van der Waals surface area contributed by atoms with Gasteiger partial charge in [-0.15, -0.1) is 0 Å². The van der Waals surface area contributed by atoms with Gasteiger partial charge in [0.25, 0.3) is 0 Å². The van der Waals surface area contributed by atoms with Crippen molar-refractivity contribution in [3.63, 3.8) is 0 Å². The molecule has 1 aliphatic heterocycles. The minimum absolute atomic E-state index is 0.0383. The molecular weight excluding hydrogens is 213 g/mol. The molecule has 4 heteroatoms. The number of fused-ring (bicyclic) bond motifs is 1. The molecule has 3 rings (SSSR count). The lowest BCUT2D eigenvalue weighted by molar-refractivity contribution is 0.115. The number of cyclic esters (lactones) is 1. The summed E-state index contributed by atoms with van der Waals surface area (Å²) in [7, 11) is 2.16. The molecule has 17 heavy (non-hydrogen) atoms. The zero-order valence-corrected chi connectivity index (χ0v) is 10.2. The van der Waals surface area contributed by atoms with Crippen LogP contribution >= 0.6 is 0 Å². The highest BCUT2D eigenvalue weighted by molar-refractivity contribution is 6.33. The van der Waals surface area contributed by atoms with Gasteiger partial charge < -0.3 is 10.1 Å². The summed E-state index contributed by atoms with van der Waals surface area (Å²) < 4.78 is 5.25. The first kappa shape index (κ1) is 10.7. The van der Waals surface area contributed by atoms with Gasteiger partial charge in [-0.2, -0.15) is 0 Å². The van der Waals surface area contributed by atoms with E-state index < -0.39 is 0 Å². The number of ether oxygens (including phenoxy) is 1. The Hall–Kier alpha value is -1.45. The van der Waals surface area contributed by atoms with E-state index >= 15 is 0 Å². The first-order valence-corrected chi connectivity index (χ1v) is 6.17. The number of nitrogens with one attached hydrogen (secondary N) is 1. The standard InChI is InChI=1S/C13H16BNO2/c1-8-13(15-12(16)17-8)6-5-10-9(7-13)3-2-4-11(10)14/h2-4,8H,5-7,14H2,1H3,(H,15,16). The molecular formula is C13H16BNO2. The van der Waals surface area contributed by atoms with Crippen LogP contribution in [-0.2, 0) is 17.6 Å². The average molecular weight is 229 g/mol. The number of benzene rings is 1. The summed E-state index contributed by atoms with van der Waals surface area (Å²) in [6.07, 6.45) is 2.57. The second kappa shape index (κ2) is 3.52.